The first-order valence-corrected chi connectivity index (χ1v) is 22.8. The summed E-state index contributed by atoms with van der Waals surface area (Å²) in [6, 6.07) is 23.3. The van der Waals surface area contributed by atoms with Gasteiger partial charge >= 0.3 is 5.69 Å². The first-order chi connectivity index (χ1) is 28.3. The third kappa shape index (κ3) is 7.96. The van der Waals surface area contributed by atoms with Crippen molar-refractivity contribution in [3.63, 3.8) is 0 Å². The number of likely N-dealkylation sites (tertiary alicyclic amines) is 1. The second-order valence-corrected chi connectivity index (χ2v) is 21.1. The van der Waals surface area contributed by atoms with Gasteiger partial charge in [0.05, 0.1) is 37.5 Å². The van der Waals surface area contributed by atoms with Gasteiger partial charge in [-0.15, -0.1) is 4.80 Å². The fourth-order valence-electron chi connectivity index (χ4n) is 8.46. The van der Waals surface area contributed by atoms with Crippen molar-refractivity contribution in [1.82, 2.24) is 29.0 Å². The normalized spacial score (nSPS) is 15.3. The summed E-state index contributed by atoms with van der Waals surface area (Å²) in [5.41, 5.74) is 0.00684. The van der Waals surface area contributed by atoms with E-state index < -0.39 is 42.6 Å². The topological polar surface area (TPSA) is 134 Å². The van der Waals surface area contributed by atoms with Gasteiger partial charge in [-0.05, 0) is 59.8 Å². The van der Waals surface area contributed by atoms with E-state index in [1.807, 2.05) is 81.4 Å². The molecule has 0 bridgehead atoms. The third-order valence-corrected chi connectivity index (χ3v) is 17.5. The van der Waals surface area contributed by atoms with Crippen LogP contribution in [-0.4, -0.2) is 74.9 Å². The lowest BCUT2D eigenvalue weighted by Crippen LogP contribution is -2.65. The van der Waals surface area contributed by atoms with Crippen LogP contribution < -0.4 is 26.4 Å². The molecule has 7 rings (SSSR count). The number of hydrogen-bond acceptors (Lipinski definition) is 9. The minimum Gasteiger partial charge on any atom is -0.496 e. The smallest absolute Gasteiger partial charge is 0.332 e. The fourth-order valence-corrected chi connectivity index (χ4v) is 13.5. The Labute approximate surface area is 347 Å². The van der Waals surface area contributed by atoms with E-state index in [9.17, 15) is 19.2 Å². The van der Waals surface area contributed by atoms with Gasteiger partial charge in [0.15, 0.2) is 0 Å². The Bertz CT molecular complexity index is 2500. The molecule has 2 atom stereocenters. The molecule has 6 aromatic rings. The van der Waals surface area contributed by atoms with E-state index in [1.165, 1.54) is 50.6 Å². The Morgan fingerprint density at radius 2 is 1.66 bits per heavy atom. The molecule has 4 heterocycles. The van der Waals surface area contributed by atoms with Crippen LogP contribution in [0.3, 0.4) is 0 Å². The second-order valence-electron chi connectivity index (χ2n) is 16.2. The molecule has 1 fully saturated rings. The number of carbonyl (C=O) groups excluding carboxylic acids is 1. The number of hydrogen-bond donors (Lipinski definition) is 1. The Morgan fingerprint density at radius 3 is 2.27 bits per heavy atom. The Balaban J connectivity index is 1.27. The highest BCUT2D eigenvalue weighted by Crippen LogP contribution is 2.41. The van der Waals surface area contributed by atoms with Crippen LogP contribution in [-0.2, 0) is 16.1 Å². The number of methoxy groups -OCH3 is 1. The highest BCUT2D eigenvalue weighted by Gasteiger charge is 2.49. The number of aromatic nitrogens is 5. The van der Waals surface area contributed by atoms with Crippen LogP contribution in [0, 0.1) is 18.7 Å². The minimum absolute atomic E-state index is 0.0378. The van der Waals surface area contributed by atoms with E-state index >= 15 is 4.39 Å². The quantitative estimate of drug-likeness (QED) is 0.102. The van der Waals surface area contributed by atoms with Crippen LogP contribution in [0.1, 0.15) is 70.2 Å². The SMILES string of the molecule is COc1ccc(F)cc1[C@H](Cn1c(=O)n([C@H]2CCN(C(=O)C(C)C)C2)c(=O)c2c(C)c(-n3nccn3)sc21)OCCCC(C)(C)[Si](O)(c1ccccc1)c1ccccc1. The van der Waals surface area contributed by atoms with Gasteiger partial charge < -0.3 is 19.2 Å². The van der Waals surface area contributed by atoms with Crippen LogP contribution in [0.5, 0.6) is 5.75 Å². The molecule has 3 aromatic carbocycles. The zero-order chi connectivity index (χ0) is 42.1. The lowest BCUT2D eigenvalue weighted by Gasteiger charge is -2.41. The number of thiophene rings is 1. The van der Waals surface area contributed by atoms with Gasteiger partial charge in [0.1, 0.15) is 27.5 Å². The van der Waals surface area contributed by atoms with Crippen LogP contribution in [0.4, 0.5) is 4.39 Å². The summed E-state index contributed by atoms with van der Waals surface area (Å²) in [6.45, 7) is 10.4. The van der Waals surface area contributed by atoms with Crippen molar-refractivity contribution >= 4 is 46.2 Å². The average molecular weight is 839 g/mol. The molecule has 1 N–H and O–H groups in total. The lowest BCUT2D eigenvalue weighted by molar-refractivity contribution is -0.133. The standard InChI is InChI=1S/C44H51FN6O6SSi/c1-29(2)39(52)48-24-20-32(27-48)50-40(53)38-30(3)41(51-46-22-23-47-51)58-42(38)49(43(50)54)28-37(35-26-31(45)18-19-36(35)56-6)57-25-13-21-44(4,5)59(55,33-14-9-7-10-15-33)34-16-11-8-12-17-34/h7-12,14-19,22-23,26,29,32,37,55H,13,20-21,24-25,27-28H2,1-6H3/t32-,37-/m0/s1. The van der Waals surface area contributed by atoms with Gasteiger partial charge in [-0.25, -0.2) is 9.18 Å². The maximum Gasteiger partial charge on any atom is 0.332 e. The van der Waals surface area contributed by atoms with Gasteiger partial charge in [0.25, 0.3) is 13.9 Å². The molecule has 12 nitrogen and oxygen atoms in total. The molecule has 1 saturated heterocycles. The molecule has 0 unspecified atom stereocenters. The summed E-state index contributed by atoms with van der Waals surface area (Å²) >= 11 is 1.22. The molecule has 1 amide bonds. The first kappa shape index (κ1) is 41.9. The highest BCUT2D eigenvalue weighted by atomic mass is 32.1. The first-order valence-electron chi connectivity index (χ1n) is 20.0. The number of carbonyl (C=O) groups is 1. The number of nitrogens with zero attached hydrogens (tertiary/aromatic N) is 6. The number of aryl methyl sites for hydroxylation is 1. The molecule has 1 aliphatic rings. The third-order valence-electron chi connectivity index (χ3n) is 11.7. The van der Waals surface area contributed by atoms with Gasteiger partial charge in [0.2, 0.25) is 5.91 Å². The van der Waals surface area contributed by atoms with Crippen LogP contribution in [0.15, 0.2) is 101 Å². The van der Waals surface area contributed by atoms with Crippen molar-refractivity contribution in [3.05, 3.63) is 129 Å². The predicted molar refractivity (Wildman–Crippen MR) is 230 cm³/mol. The maximum absolute atomic E-state index is 15.1. The summed E-state index contributed by atoms with van der Waals surface area (Å²) in [5, 5.41) is 10.8. The molecule has 0 radical (unpaired) electrons. The number of halogens is 1. The van der Waals surface area contributed by atoms with Crippen molar-refractivity contribution in [1.29, 1.82) is 0 Å². The Morgan fingerprint density at radius 1 is 1.02 bits per heavy atom. The van der Waals surface area contributed by atoms with Crippen molar-refractivity contribution < 1.29 is 23.5 Å². The number of amides is 1. The maximum atomic E-state index is 15.1. The summed E-state index contributed by atoms with van der Waals surface area (Å²) in [4.78, 5) is 58.6. The monoisotopic (exact) mass is 838 g/mol. The molecule has 15 heteroatoms. The Kier molecular flexibility index (Phi) is 12.2. The van der Waals surface area contributed by atoms with E-state index in [-0.39, 0.29) is 31.5 Å². The van der Waals surface area contributed by atoms with E-state index in [0.29, 0.717) is 57.9 Å². The number of benzene rings is 3. The van der Waals surface area contributed by atoms with Gasteiger partial charge in [-0.1, -0.05) is 99.7 Å². The predicted octanol–water partition coefficient (Wildman–Crippen LogP) is 5.76. The summed E-state index contributed by atoms with van der Waals surface area (Å²) in [5.74, 6) is -0.388. The second kappa shape index (κ2) is 17.2. The molecular formula is C44H51FN6O6SSi. The van der Waals surface area contributed by atoms with E-state index in [2.05, 4.69) is 24.0 Å². The molecule has 1 aliphatic heterocycles. The zero-order valence-electron chi connectivity index (χ0n) is 34.3. The van der Waals surface area contributed by atoms with E-state index in [0.717, 1.165) is 10.4 Å². The molecule has 0 aliphatic carbocycles. The molecule has 0 spiro atoms. The molecule has 59 heavy (non-hydrogen) atoms. The summed E-state index contributed by atoms with van der Waals surface area (Å²) in [6.07, 6.45) is 3.75. The van der Waals surface area contributed by atoms with Crippen LogP contribution in [0.2, 0.25) is 5.04 Å². The molecule has 310 valence electrons. The van der Waals surface area contributed by atoms with Gasteiger partial charge in [-0.2, -0.15) is 10.2 Å². The van der Waals surface area contributed by atoms with Crippen molar-refractivity contribution in [2.24, 2.45) is 5.92 Å². The number of ether oxygens (including phenoxy) is 2. The largest absolute Gasteiger partial charge is 0.496 e. The highest BCUT2D eigenvalue weighted by molar-refractivity contribution is 7.21. The minimum atomic E-state index is -3.30. The lowest BCUT2D eigenvalue weighted by atomic mass is 10.1. The summed E-state index contributed by atoms with van der Waals surface area (Å²) < 4.78 is 30.3. The van der Waals surface area contributed by atoms with Crippen molar-refractivity contribution in [2.45, 2.75) is 77.6 Å². The zero-order valence-corrected chi connectivity index (χ0v) is 36.1. The molecular weight excluding hydrogens is 788 g/mol. The molecule has 3 aromatic heterocycles. The van der Waals surface area contributed by atoms with Crippen molar-refractivity contribution in [3.8, 4) is 10.8 Å². The number of fused-ring (bicyclic) bond motifs is 1. The van der Waals surface area contributed by atoms with Crippen molar-refractivity contribution in [2.75, 3.05) is 26.8 Å². The van der Waals surface area contributed by atoms with E-state index in [4.69, 9.17) is 9.47 Å². The van der Waals surface area contributed by atoms with Gasteiger partial charge in [0, 0.05) is 36.7 Å². The number of rotatable bonds is 15. The fraction of sp³-hybridized carbons (Fsp3) is 0.386. The average Bonchev–Trinajstić information content (AvgIpc) is 4.02. The molecule has 0 saturated carbocycles. The van der Waals surface area contributed by atoms with Crippen LogP contribution >= 0.6 is 11.3 Å². The Hall–Kier alpha value is -5.22. The van der Waals surface area contributed by atoms with Gasteiger partial charge in [-0.3, -0.25) is 18.7 Å². The van der Waals surface area contributed by atoms with Crippen LogP contribution in [0.25, 0.3) is 15.2 Å². The summed E-state index contributed by atoms with van der Waals surface area (Å²) in [7, 11) is -1.80. The van der Waals surface area contributed by atoms with E-state index in [1.54, 1.807) is 17.3 Å².